The summed E-state index contributed by atoms with van der Waals surface area (Å²) >= 11 is 0. The highest BCUT2D eigenvalue weighted by molar-refractivity contribution is 5.80. The van der Waals surface area contributed by atoms with Crippen LogP contribution >= 0.6 is 0 Å². The van der Waals surface area contributed by atoms with Crippen LogP contribution in [0.4, 0.5) is 0 Å². The summed E-state index contributed by atoms with van der Waals surface area (Å²) in [5, 5.41) is 11.1. The van der Waals surface area contributed by atoms with Crippen LogP contribution in [0.1, 0.15) is 56.7 Å². The summed E-state index contributed by atoms with van der Waals surface area (Å²) in [6, 6.07) is 21.8. The zero-order valence-electron chi connectivity index (χ0n) is 19.4. The van der Waals surface area contributed by atoms with E-state index in [4.69, 9.17) is 4.74 Å². The zero-order valence-corrected chi connectivity index (χ0v) is 19.4. The lowest BCUT2D eigenvalue weighted by molar-refractivity contribution is 0.0354. The fourth-order valence-electron chi connectivity index (χ4n) is 4.25. The van der Waals surface area contributed by atoms with E-state index >= 15 is 0 Å². The second-order valence-corrected chi connectivity index (χ2v) is 8.73. The number of nitrogens with one attached hydrogen (secondary N) is 3. The van der Waals surface area contributed by atoms with Gasteiger partial charge in [-0.05, 0) is 37.8 Å². The van der Waals surface area contributed by atoms with E-state index in [0.29, 0.717) is 5.92 Å². The molecule has 3 N–H and O–H groups in total. The van der Waals surface area contributed by atoms with Crippen LogP contribution < -0.4 is 16.0 Å². The van der Waals surface area contributed by atoms with Crippen LogP contribution in [0.25, 0.3) is 0 Å². The summed E-state index contributed by atoms with van der Waals surface area (Å²) in [6.45, 7) is 9.07. The molecule has 2 aromatic rings. The Bertz CT molecular complexity index is 803. The van der Waals surface area contributed by atoms with Gasteiger partial charge in [-0.3, -0.25) is 4.99 Å². The molecule has 5 nitrogen and oxygen atoms in total. The highest BCUT2D eigenvalue weighted by atomic mass is 16.5. The van der Waals surface area contributed by atoms with Gasteiger partial charge >= 0.3 is 0 Å². The molecule has 3 atom stereocenters. The molecule has 0 spiro atoms. The Hall–Kier alpha value is -2.37. The summed E-state index contributed by atoms with van der Waals surface area (Å²) < 4.78 is 5.68. The van der Waals surface area contributed by atoms with Crippen LogP contribution in [0.2, 0.25) is 0 Å². The molecule has 0 aromatic heterocycles. The lowest BCUT2D eigenvalue weighted by Gasteiger charge is -2.41. The highest BCUT2D eigenvalue weighted by Gasteiger charge is 2.34. The lowest BCUT2D eigenvalue weighted by Crippen LogP contribution is -2.58. The van der Waals surface area contributed by atoms with Crippen molar-refractivity contribution >= 4 is 5.96 Å². The highest BCUT2D eigenvalue weighted by Crippen LogP contribution is 2.25. The van der Waals surface area contributed by atoms with Crippen LogP contribution in [0, 0.1) is 0 Å². The molecule has 31 heavy (non-hydrogen) atoms. The molecule has 3 unspecified atom stereocenters. The topological polar surface area (TPSA) is 57.7 Å². The van der Waals surface area contributed by atoms with E-state index in [1.54, 1.807) is 0 Å². The van der Waals surface area contributed by atoms with Crippen LogP contribution in [0.3, 0.4) is 0 Å². The largest absolute Gasteiger partial charge is 0.381 e. The molecule has 1 aliphatic heterocycles. The van der Waals surface area contributed by atoms with E-state index in [1.165, 1.54) is 11.1 Å². The minimum absolute atomic E-state index is 0.0284. The number of nitrogens with zero attached hydrogens (tertiary/aromatic N) is 1. The zero-order chi connectivity index (χ0) is 22.1. The average Bonchev–Trinajstić information content (AvgIpc) is 2.82. The molecule has 1 saturated heterocycles. The van der Waals surface area contributed by atoms with Crippen molar-refractivity contribution in [2.24, 2.45) is 4.99 Å². The Labute approximate surface area is 187 Å². The van der Waals surface area contributed by atoms with Crippen molar-refractivity contribution in [3.63, 3.8) is 0 Å². The van der Waals surface area contributed by atoms with E-state index in [1.807, 2.05) is 7.05 Å². The monoisotopic (exact) mass is 422 g/mol. The van der Waals surface area contributed by atoms with E-state index in [0.717, 1.165) is 38.6 Å². The molecule has 0 radical (unpaired) electrons. The normalized spacial score (nSPS) is 19.3. The van der Waals surface area contributed by atoms with Crippen LogP contribution in [0.15, 0.2) is 65.7 Å². The Kier molecular flexibility index (Phi) is 8.50. The molecule has 1 aliphatic rings. The van der Waals surface area contributed by atoms with Gasteiger partial charge in [0.2, 0.25) is 0 Å². The molecular weight excluding hydrogens is 384 g/mol. The number of hydrogen-bond donors (Lipinski definition) is 3. The number of aliphatic imine (C=N–C) groups is 1. The molecule has 5 heteroatoms. The predicted octanol–water partition coefficient (Wildman–Crippen LogP) is 4.24. The quantitative estimate of drug-likeness (QED) is 0.440. The van der Waals surface area contributed by atoms with Crippen molar-refractivity contribution in [3.05, 3.63) is 71.8 Å². The standard InChI is InChI=1S/C26H38N4O/c1-20(23-11-7-5-8-12-23)21(2)29-25(27-4)28-19-26(15-17-31-18-16-26)30-22(3)24-13-9-6-10-14-24/h5-14,20-22,30H,15-19H2,1-4H3,(H2,27,28,29). The third-order valence-corrected chi connectivity index (χ3v) is 6.53. The predicted molar refractivity (Wildman–Crippen MR) is 130 cm³/mol. The van der Waals surface area contributed by atoms with E-state index in [-0.39, 0.29) is 17.6 Å². The number of guanidine groups is 1. The Morgan fingerprint density at radius 3 is 2.10 bits per heavy atom. The van der Waals surface area contributed by atoms with E-state index in [2.05, 4.69) is 102 Å². The SMILES string of the molecule is CN=C(NCC1(NC(C)c2ccccc2)CCOCC1)NC(C)C(C)c1ccccc1. The summed E-state index contributed by atoms with van der Waals surface area (Å²) in [6.07, 6.45) is 1.95. The van der Waals surface area contributed by atoms with Gasteiger partial charge in [-0.25, -0.2) is 0 Å². The maximum Gasteiger partial charge on any atom is 0.191 e. The first-order valence-electron chi connectivity index (χ1n) is 11.5. The summed E-state index contributed by atoms with van der Waals surface area (Å²) in [5.41, 5.74) is 2.61. The minimum atomic E-state index is -0.0284. The number of rotatable bonds is 8. The van der Waals surface area contributed by atoms with Gasteiger partial charge < -0.3 is 20.7 Å². The first kappa shape index (κ1) is 23.3. The summed E-state index contributed by atoms with van der Waals surface area (Å²) in [7, 11) is 1.84. The molecule has 1 fully saturated rings. The van der Waals surface area contributed by atoms with Gasteiger partial charge in [0.25, 0.3) is 0 Å². The first-order chi connectivity index (χ1) is 15.0. The van der Waals surface area contributed by atoms with Crippen LogP contribution in [0.5, 0.6) is 0 Å². The van der Waals surface area contributed by atoms with Crippen LogP contribution in [-0.4, -0.2) is 44.3 Å². The molecule has 0 saturated carbocycles. The molecule has 3 rings (SSSR count). The van der Waals surface area contributed by atoms with Crippen molar-refractivity contribution in [3.8, 4) is 0 Å². The maximum absolute atomic E-state index is 5.68. The van der Waals surface area contributed by atoms with Crippen molar-refractivity contribution in [1.29, 1.82) is 0 Å². The summed E-state index contributed by atoms with van der Waals surface area (Å²) in [5.74, 6) is 1.23. The fraction of sp³-hybridized carbons (Fsp3) is 0.500. The minimum Gasteiger partial charge on any atom is -0.381 e. The Balaban J connectivity index is 1.61. The molecule has 0 aliphatic carbocycles. The Morgan fingerprint density at radius 2 is 1.52 bits per heavy atom. The molecule has 168 valence electrons. The third kappa shape index (κ3) is 6.55. The van der Waals surface area contributed by atoms with Gasteiger partial charge in [-0.1, -0.05) is 67.6 Å². The second kappa shape index (κ2) is 11.3. The fourth-order valence-corrected chi connectivity index (χ4v) is 4.25. The van der Waals surface area contributed by atoms with Gasteiger partial charge in [0.05, 0.1) is 0 Å². The molecule has 0 amide bonds. The number of hydrogen-bond acceptors (Lipinski definition) is 3. The van der Waals surface area contributed by atoms with Crippen molar-refractivity contribution < 1.29 is 4.74 Å². The summed E-state index contributed by atoms with van der Waals surface area (Å²) in [4.78, 5) is 4.49. The van der Waals surface area contributed by atoms with Crippen molar-refractivity contribution in [1.82, 2.24) is 16.0 Å². The Morgan fingerprint density at radius 1 is 0.935 bits per heavy atom. The second-order valence-electron chi connectivity index (χ2n) is 8.73. The average molecular weight is 423 g/mol. The van der Waals surface area contributed by atoms with Crippen molar-refractivity contribution in [2.75, 3.05) is 26.8 Å². The molecule has 1 heterocycles. The van der Waals surface area contributed by atoms with Gasteiger partial charge in [-0.2, -0.15) is 0 Å². The number of benzene rings is 2. The van der Waals surface area contributed by atoms with Crippen molar-refractivity contribution in [2.45, 2.75) is 57.2 Å². The van der Waals surface area contributed by atoms with E-state index < -0.39 is 0 Å². The lowest BCUT2D eigenvalue weighted by atomic mass is 9.88. The number of ether oxygens (including phenoxy) is 1. The maximum atomic E-state index is 5.68. The van der Waals surface area contributed by atoms with Gasteiger partial charge in [0.15, 0.2) is 5.96 Å². The molecule has 0 bridgehead atoms. The van der Waals surface area contributed by atoms with Gasteiger partial charge in [-0.15, -0.1) is 0 Å². The van der Waals surface area contributed by atoms with Gasteiger partial charge in [0.1, 0.15) is 0 Å². The first-order valence-corrected chi connectivity index (χ1v) is 11.5. The smallest absolute Gasteiger partial charge is 0.191 e. The molecule has 2 aromatic carbocycles. The molecular formula is C26H38N4O. The van der Waals surface area contributed by atoms with Crippen LogP contribution in [-0.2, 0) is 4.74 Å². The van der Waals surface area contributed by atoms with E-state index in [9.17, 15) is 0 Å². The third-order valence-electron chi connectivity index (χ3n) is 6.53. The van der Waals surface area contributed by atoms with Gasteiger partial charge in [0, 0.05) is 50.3 Å².